The van der Waals surface area contributed by atoms with E-state index in [0.717, 1.165) is 12.8 Å². The molecule has 0 spiro atoms. The van der Waals surface area contributed by atoms with E-state index in [1.54, 1.807) is 22.6 Å². The van der Waals surface area contributed by atoms with E-state index in [0.29, 0.717) is 9.50 Å². The fourth-order valence-electron chi connectivity index (χ4n) is 3.85. The highest BCUT2D eigenvalue weighted by Gasteiger charge is 2.62. The van der Waals surface area contributed by atoms with Crippen molar-refractivity contribution in [3.63, 3.8) is 0 Å². The van der Waals surface area contributed by atoms with E-state index in [1.165, 1.54) is 6.42 Å². The molecule has 0 saturated heterocycles. The number of ether oxygens (including phenoxy) is 2. The number of hydrogen-bond donors (Lipinski definition) is 1. The zero-order valence-electron chi connectivity index (χ0n) is 13.4. The minimum absolute atomic E-state index is 0.0297. The van der Waals surface area contributed by atoms with Gasteiger partial charge in [-0.25, -0.2) is 9.59 Å². The van der Waals surface area contributed by atoms with Crippen molar-refractivity contribution < 1.29 is 19.1 Å². The van der Waals surface area contributed by atoms with Gasteiger partial charge in [-0.3, -0.25) is 0 Å². The smallest absolute Gasteiger partial charge is 0.407 e. The number of alkyl carbamates (subject to hydrolysis) is 1. The van der Waals surface area contributed by atoms with Crippen LogP contribution < -0.4 is 5.32 Å². The number of rotatable bonds is 5. The molecule has 1 N–H and O–H groups in total. The molecular weight excluding hydrogens is 397 g/mol. The van der Waals surface area contributed by atoms with Gasteiger partial charge in [0.15, 0.2) is 0 Å². The van der Waals surface area contributed by atoms with Gasteiger partial charge in [0, 0.05) is 5.41 Å². The first-order chi connectivity index (χ1) is 10.2. The van der Waals surface area contributed by atoms with Gasteiger partial charge < -0.3 is 14.8 Å². The summed E-state index contributed by atoms with van der Waals surface area (Å²) >= 11 is 1.80. The molecule has 22 heavy (non-hydrogen) atoms. The molecule has 0 heterocycles. The van der Waals surface area contributed by atoms with Crippen LogP contribution in [0, 0.1) is 16.7 Å². The summed E-state index contributed by atoms with van der Waals surface area (Å²) in [7, 11) is 0. The third-order valence-corrected chi connectivity index (χ3v) is 6.23. The zero-order valence-corrected chi connectivity index (χ0v) is 15.6. The van der Waals surface area contributed by atoms with Crippen molar-refractivity contribution in [2.24, 2.45) is 16.7 Å². The minimum Gasteiger partial charge on any atom is -0.460 e. The van der Waals surface area contributed by atoms with Gasteiger partial charge in [0.05, 0.1) is 10.1 Å². The molecule has 6 heteroatoms. The topological polar surface area (TPSA) is 64.6 Å². The van der Waals surface area contributed by atoms with E-state index in [9.17, 15) is 9.59 Å². The van der Waals surface area contributed by atoms with Crippen LogP contribution >= 0.6 is 22.6 Å². The second-order valence-electron chi connectivity index (χ2n) is 6.97. The molecule has 2 aliphatic carbocycles. The van der Waals surface area contributed by atoms with Crippen LogP contribution in [0.1, 0.15) is 40.0 Å². The van der Waals surface area contributed by atoms with Crippen LogP contribution in [0.25, 0.3) is 0 Å². The van der Waals surface area contributed by atoms with Gasteiger partial charge in [-0.1, -0.05) is 27.4 Å². The number of carbonyl (C=O) groups is 2. The average molecular weight is 421 g/mol. The molecule has 3 unspecified atom stereocenters. The fraction of sp³-hybridized carbons (Fsp3) is 0.750. The Morgan fingerprint density at radius 3 is 2.55 bits per heavy atom. The van der Waals surface area contributed by atoms with Crippen LogP contribution in [-0.2, 0) is 14.3 Å². The number of halogens is 1. The van der Waals surface area contributed by atoms with E-state index in [-0.39, 0.29) is 30.1 Å². The largest absolute Gasteiger partial charge is 0.460 e. The first-order valence-electron chi connectivity index (χ1n) is 7.64. The number of hydrogen-bond acceptors (Lipinski definition) is 4. The van der Waals surface area contributed by atoms with Crippen molar-refractivity contribution in [3.05, 3.63) is 10.2 Å². The molecule has 5 nitrogen and oxygen atoms in total. The Hall–Kier alpha value is -0.790. The van der Waals surface area contributed by atoms with Crippen molar-refractivity contribution in [2.75, 3.05) is 13.2 Å². The Bertz CT molecular complexity index is 491. The summed E-state index contributed by atoms with van der Waals surface area (Å²) in [6, 6.07) is 0. The normalized spacial score (nSPS) is 31.6. The number of amides is 1. The number of fused-ring (bicyclic) bond motifs is 2. The standard InChI is InChI=1S/C16H24INO4/c1-10(17)13(19)21-8-7-18-14(20)22-12-9-11-5-6-16(12,4)15(11,2)3/h11-12H,1,5-9H2,2-4H3,(H,18,20). The Morgan fingerprint density at radius 1 is 1.36 bits per heavy atom. The van der Waals surface area contributed by atoms with Crippen molar-refractivity contribution >= 4 is 34.7 Å². The van der Waals surface area contributed by atoms with Gasteiger partial charge in [0.25, 0.3) is 0 Å². The van der Waals surface area contributed by atoms with Crippen LogP contribution in [-0.4, -0.2) is 31.3 Å². The maximum absolute atomic E-state index is 11.9. The van der Waals surface area contributed by atoms with E-state index in [1.807, 2.05) is 0 Å². The summed E-state index contributed by atoms with van der Waals surface area (Å²) in [6.45, 7) is 10.6. The van der Waals surface area contributed by atoms with Crippen LogP contribution in [0.5, 0.6) is 0 Å². The molecule has 124 valence electrons. The third-order valence-electron chi connectivity index (χ3n) is 5.79. The minimum atomic E-state index is -0.460. The first-order valence-corrected chi connectivity index (χ1v) is 8.72. The molecule has 1 amide bonds. The predicted molar refractivity (Wildman–Crippen MR) is 91.6 cm³/mol. The van der Waals surface area contributed by atoms with Gasteiger partial charge >= 0.3 is 12.1 Å². The van der Waals surface area contributed by atoms with Crippen molar-refractivity contribution in [3.8, 4) is 0 Å². The molecular formula is C16H24INO4. The van der Waals surface area contributed by atoms with Gasteiger partial charge in [0.2, 0.25) is 0 Å². The predicted octanol–water partition coefficient (Wildman–Crippen LogP) is 3.42. The molecule has 0 aromatic heterocycles. The van der Waals surface area contributed by atoms with Crippen LogP contribution in [0.15, 0.2) is 10.2 Å². The average Bonchev–Trinajstić information content (AvgIpc) is 2.76. The SMILES string of the molecule is C=C(I)C(=O)OCCNC(=O)OC1CC2CCC1(C)C2(C)C. The Kier molecular flexibility index (Phi) is 5.09. The lowest BCUT2D eigenvalue weighted by atomic mass is 9.70. The third kappa shape index (κ3) is 3.12. The monoisotopic (exact) mass is 421 g/mol. The van der Waals surface area contributed by atoms with Gasteiger partial charge in [0.1, 0.15) is 12.7 Å². The highest BCUT2D eigenvalue weighted by atomic mass is 127. The highest BCUT2D eigenvalue weighted by molar-refractivity contribution is 14.1. The van der Waals surface area contributed by atoms with Crippen LogP contribution in [0.4, 0.5) is 4.79 Å². The molecule has 3 atom stereocenters. The molecule has 0 aliphatic heterocycles. The van der Waals surface area contributed by atoms with E-state index in [4.69, 9.17) is 9.47 Å². The Morgan fingerprint density at radius 2 is 2.05 bits per heavy atom. The summed E-state index contributed by atoms with van der Waals surface area (Å²) in [5.41, 5.74) is 0.272. The van der Waals surface area contributed by atoms with Crippen molar-refractivity contribution in [1.29, 1.82) is 0 Å². The lowest BCUT2D eigenvalue weighted by Gasteiger charge is -2.38. The molecule has 0 aromatic rings. The summed E-state index contributed by atoms with van der Waals surface area (Å²) in [5, 5.41) is 2.64. The lowest BCUT2D eigenvalue weighted by Crippen LogP contribution is -2.41. The number of esters is 1. The maximum Gasteiger partial charge on any atom is 0.407 e. The van der Waals surface area contributed by atoms with E-state index in [2.05, 4.69) is 32.7 Å². The molecule has 0 radical (unpaired) electrons. The van der Waals surface area contributed by atoms with Crippen LogP contribution in [0.3, 0.4) is 0 Å². The highest BCUT2D eigenvalue weighted by Crippen LogP contribution is 2.66. The maximum atomic E-state index is 11.9. The Labute approximate surface area is 145 Å². The summed E-state index contributed by atoms with van der Waals surface area (Å²) in [5.74, 6) is 0.170. The van der Waals surface area contributed by atoms with E-state index >= 15 is 0 Å². The number of nitrogens with one attached hydrogen (secondary N) is 1. The molecule has 2 rings (SSSR count). The summed E-state index contributed by atoms with van der Waals surface area (Å²) < 4.78 is 10.9. The van der Waals surface area contributed by atoms with Crippen LogP contribution in [0.2, 0.25) is 0 Å². The Balaban J connectivity index is 1.75. The molecule has 2 fully saturated rings. The number of carbonyl (C=O) groups excluding carboxylic acids is 2. The second-order valence-corrected chi connectivity index (χ2v) is 8.27. The quantitative estimate of drug-likeness (QED) is 0.320. The first kappa shape index (κ1) is 17.6. The van der Waals surface area contributed by atoms with Gasteiger partial charge in [-0.2, -0.15) is 0 Å². The van der Waals surface area contributed by atoms with Crippen molar-refractivity contribution in [1.82, 2.24) is 5.32 Å². The summed E-state index contributed by atoms with van der Waals surface area (Å²) in [6.07, 6.45) is 2.82. The van der Waals surface area contributed by atoms with E-state index < -0.39 is 12.1 Å². The molecule has 2 aliphatic rings. The second kappa shape index (κ2) is 6.37. The zero-order chi connectivity index (χ0) is 16.5. The fourth-order valence-corrected chi connectivity index (χ4v) is 4.01. The molecule has 0 aromatic carbocycles. The molecule has 2 saturated carbocycles. The van der Waals surface area contributed by atoms with Gasteiger partial charge in [-0.05, 0) is 53.2 Å². The summed E-state index contributed by atoms with van der Waals surface area (Å²) in [4.78, 5) is 23.1. The lowest BCUT2D eigenvalue weighted by molar-refractivity contribution is -0.137. The van der Waals surface area contributed by atoms with Crippen molar-refractivity contribution in [2.45, 2.75) is 46.1 Å². The molecule has 2 bridgehead atoms. The van der Waals surface area contributed by atoms with Gasteiger partial charge in [-0.15, -0.1) is 0 Å².